The Labute approximate surface area is 119 Å². The van der Waals surface area contributed by atoms with Gasteiger partial charge in [-0.05, 0) is 24.6 Å². The van der Waals surface area contributed by atoms with Crippen molar-refractivity contribution in [2.45, 2.75) is 19.1 Å². The van der Waals surface area contributed by atoms with Gasteiger partial charge in [-0.25, -0.2) is 4.39 Å². The van der Waals surface area contributed by atoms with E-state index in [2.05, 4.69) is 10.2 Å². The maximum atomic E-state index is 12.8. The third-order valence-electron chi connectivity index (χ3n) is 3.42. The summed E-state index contributed by atoms with van der Waals surface area (Å²) >= 11 is 0. The number of aliphatic hydroxyl groups is 1. The molecule has 112 valence electrons. The predicted molar refractivity (Wildman–Crippen MR) is 76.0 cm³/mol. The van der Waals surface area contributed by atoms with Crippen LogP contribution < -0.4 is 5.32 Å². The van der Waals surface area contributed by atoms with Gasteiger partial charge in [0.05, 0.1) is 18.8 Å². The van der Waals surface area contributed by atoms with E-state index in [9.17, 15) is 9.50 Å². The first-order valence-corrected chi connectivity index (χ1v) is 7.03. The fourth-order valence-electron chi connectivity index (χ4n) is 2.38. The minimum absolute atomic E-state index is 0.229. The summed E-state index contributed by atoms with van der Waals surface area (Å²) in [7, 11) is 0. The second-order valence-corrected chi connectivity index (χ2v) is 5.62. The molecular weight excluding hydrogens is 259 g/mol. The van der Waals surface area contributed by atoms with Crippen LogP contribution in [0.3, 0.4) is 0 Å². The molecule has 1 aliphatic rings. The van der Waals surface area contributed by atoms with Crippen LogP contribution in [0.4, 0.5) is 4.39 Å². The molecular formula is C15H23FN2O2. The molecule has 20 heavy (non-hydrogen) atoms. The number of morpholine rings is 1. The zero-order valence-corrected chi connectivity index (χ0v) is 11.9. The lowest BCUT2D eigenvalue weighted by Gasteiger charge is -2.34. The van der Waals surface area contributed by atoms with Crippen LogP contribution in [0.1, 0.15) is 12.5 Å². The largest absolute Gasteiger partial charge is 0.388 e. The molecule has 1 aromatic rings. The second kappa shape index (κ2) is 7.13. The summed E-state index contributed by atoms with van der Waals surface area (Å²) < 4.78 is 18.1. The lowest BCUT2D eigenvalue weighted by atomic mass is 10.1. The number of ether oxygens (including phenoxy) is 1. The Morgan fingerprint density at radius 3 is 2.60 bits per heavy atom. The van der Waals surface area contributed by atoms with Gasteiger partial charge in [-0.1, -0.05) is 12.1 Å². The van der Waals surface area contributed by atoms with Crippen molar-refractivity contribution in [2.24, 2.45) is 0 Å². The zero-order chi connectivity index (χ0) is 14.4. The maximum absolute atomic E-state index is 12.8. The van der Waals surface area contributed by atoms with Gasteiger partial charge in [-0.3, -0.25) is 4.90 Å². The molecule has 1 aromatic carbocycles. The third-order valence-corrected chi connectivity index (χ3v) is 3.42. The number of benzene rings is 1. The Kier molecular flexibility index (Phi) is 5.48. The Balaban J connectivity index is 1.72. The summed E-state index contributed by atoms with van der Waals surface area (Å²) in [4.78, 5) is 2.21. The van der Waals surface area contributed by atoms with Crippen LogP contribution in [-0.2, 0) is 11.3 Å². The van der Waals surface area contributed by atoms with Crippen LogP contribution in [0, 0.1) is 5.82 Å². The summed E-state index contributed by atoms with van der Waals surface area (Å²) in [6, 6.07) is 6.39. The van der Waals surface area contributed by atoms with E-state index in [1.807, 2.05) is 6.92 Å². The molecule has 4 nitrogen and oxygen atoms in total. The predicted octanol–water partition coefficient (Wildman–Crippen LogP) is 0.998. The van der Waals surface area contributed by atoms with Gasteiger partial charge in [0.2, 0.25) is 0 Å². The molecule has 0 aliphatic carbocycles. The average molecular weight is 282 g/mol. The summed E-state index contributed by atoms with van der Waals surface area (Å²) in [5.41, 5.74) is 0.228. The van der Waals surface area contributed by atoms with Crippen LogP contribution in [-0.4, -0.2) is 55.0 Å². The average Bonchev–Trinajstić information content (AvgIpc) is 2.41. The highest BCUT2D eigenvalue weighted by molar-refractivity contribution is 5.15. The van der Waals surface area contributed by atoms with E-state index < -0.39 is 5.60 Å². The van der Waals surface area contributed by atoms with Crippen molar-refractivity contribution >= 4 is 0 Å². The minimum atomic E-state index is -0.780. The fraction of sp³-hybridized carbons (Fsp3) is 0.600. The van der Waals surface area contributed by atoms with E-state index >= 15 is 0 Å². The highest BCUT2D eigenvalue weighted by atomic mass is 19.1. The van der Waals surface area contributed by atoms with Crippen LogP contribution in [0.15, 0.2) is 24.3 Å². The van der Waals surface area contributed by atoms with Gasteiger partial charge >= 0.3 is 0 Å². The van der Waals surface area contributed by atoms with Crippen LogP contribution >= 0.6 is 0 Å². The van der Waals surface area contributed by atoms with E-state index in [1.165, 1.54) is 12.1 Å². The van der Waals surface area contributed by atoms with Gasteiger partial charge in [0.15, 0.2) is 0 Å². The molecule has 1 unspecified atom stereocenters. The van der Waals surface area contributed by atoms with E-state index in [0.29, 0.717) is 19.6 Å². The Morgan fingerprint density at radius 1 is 1.30 bits per heavy atom. The first kappa shape index (κ1) is 15.4. The van der Waals surface area contributed by atoms with Gasteiger partial charge in [0.25, 0.3) is 0 Å². The molecule has 0 saturated carbocycles. The monoisotopic (exact) mass is 282 g/mol. The van der Waals surface area contributed by atoms with E-state index in [-0.39, 0.29) is 5.82 Å². The number of nitrogens with one attached hydrogen (secondary N) is 1. The Hall–Kier alpha value is -1.01. The van der Waals surface area contributed by atoms with Crippen molar-refractivity contribution < 1.29 is 14.2 Å². The normalized spacial score (nSPS) is 19.8. The number of halogens is 1. The lowest BCUT2D eigenvalue weighted by molar-refractivity contribution is -0.0219. The number of nitrogens with zero attached hydrogens (tertiary/aromatic N) is 1. The first-order chi connectivity index (χ1) is 9.55. The molecule has 5 heteroatoms. The number of rotatable bonds is 6. The van der Waals surface area contributed by atoms with Crippen molar-refractivity contribution in [1.29, 1.82) is 0 Å². The van der Waals surface area contributed by atoms with E-state index in [1.54, 1.807) is 12.1 Å². The standard InChI is InChI=1S/C15H23FN2O2/c1-15(19,12-18-6-8-20-9-7-18)11-17-10-13-2-4-14(16)5-3-13/h2-5,17,19H,6-12H2,1H3. The first-order valence-electron chi connectivity index (χ1n) is 7.03. The lowest BCUT2D eigenvalue weighted by Crippen LogP contribution is -2.50. The zero-order valence-electron chi connectivity index (χ0n) is 11.9. The quantitative estimate of drug-likeness (QED) is 0.817. The van der Waals surface area contributed by atoms with Crippen molar-refractivity contribution in [3.63, 3.8) is 0 Å². The van der Waals surface area contributed by atoms with Gasteiger partial charge < -0.3 is 15.2 Å². The number of hydrogen-bond donors (Lipinski definition) is 2. The molecule has 2 N–H and O–H groups in total. The molecule has 1 heterocycles. The van der Waals surface area contributed by atoms with Crippen molar-refractivity contribution in [2.75, 3.05) is 39.4 Å². The number of hydrogen-bond acceptors (Lipinski definition) is 4. The molecule has 2 rings (SSSR count). The molecule has 1 fully saturated rings. The second-order valence-electron chi connectivity index (χ2n) is 5.62. The van der Waals surface area contributed by atoms with Gasteiger partial charge in [0, 0.05) is 32.7 Å². The number of β-amino-alcohol motifs (C(OH)–C–C–N with tert-alkyl or cyclic N) is 1. The molecule has 0 bridgehead atoms. The smallest absolute Gasteiger partial charge is 0.123 e. The maximum Gasteiger partial charge on any atom is 0.123 e. The SMILES string of the molecule is CC(O)(CNCc1ccc(F)cc1)CN1CCOCC1. The van der Waals surface area contributed by atoms with Crippen molar-refractivity contribution in [3.8, 4) is 0 Å². The van der Waals surface area contributed by atoms with Crippen LogP contribution in [0.2, 0.25) is 0 Å². The highest BCUT2D eigenvalue weighted by Gasteiger charge is 2.24. The molecule has 0 spiro atoms. The molecule has 1 atom stereocenters. The Bertz CT molecular complexity index is 403. The molecule has 0 amide bonds. The third kappa shape index (κ3) is 5.17. The molecule has 1 aliphatic heterocycles. The molecule has 1 saturated heterocycles. The van der Waals surface area contributed by atoms with Gasteiger partial charge in [-0.15, -0.1) is 0 Å². The van der Waals surface area contributed by atoms with E-state index in [4.69, 9.17) is 4.74 Å². The summed E-state index contributed by atoms with van der Waals surface area (Å²) in [5, 5.41) is 13.6. The topological polar surface area (TPSA) is 44.7 Å². The summed E-state index contributed by atoms with van der Waals surface area (Å²) in [5.74, 6) is -0.229. The highest BCUT2D eigenvalue weighted by Crippen LogP contribution is 2.08. The minimum Gasteiger partial charge on any atom is -0.388 e. The molecule has 0 aromatic heterocycles. The van der Waals surface area contributed by atoms with Crippen molar-refractivity contribution in [1.82, 2.24) is 10.2 Å². The molecule has 0 radical (unpaired) electrons. The van der Waals surface area contributed by atoms with E-state index in [0.717, 1.165) is 31.9 Å². The summed E-state index contributed by atoms with van der Waals surface area (Å²) in [6.07, 6.45) is 0. The van der Waals surface area contributed by atoms with Gasteiger partial charge in [-0.2, -0.15) is 0 Å². The van der Waals surface area contributed by atoms with Crippen molar-refractivity contribution in [3.05, 3.63) is 35.6 Å². The van der Waals surface area contributed by atoms with Gasteiger partial charge in [0.1, 0.15) is 5.82 Å². The van der Waals surface area contributed by atoms with Crippen LogP contribution in [0.5, 0.6) is 0 Å². The van der Waals surface area contributed by atoms with Crippen LogP contribution in [0.25, 0.3) is 0 Å². The fourth-order valence-corrected chi connectivity index (χ4v) is 2.38. The Morgan fingerprint density at radius 2 is 1.95 bits per heavy atom. The summed E-state index contributed by atoms with van der Waals surface area (Å²) in [6.45, 7) is 6.80.